The van der Waals surface area contributed by atoms with E-state index in [0.717, 1.165) is 0 Å². The Morgan fingerprint density at radius 1 is 1.57 bits per heavy atom. The maximum atomic E-state index is 10.5. The first-order valence-corrected chi connectivity index (χ1v) is 3.96. The minimum atomic E-state index is -0.594. The van der Waals surface area contributed by atoms with Gasteiger partial charge in [0.15, 0.2) is 0 Å². The highest BCUT2D eigenvalue weighted by molar-refractivity contribution is 6.33. The van der Waals surface area contributed by atoms with Gasteiger partial charge in [-0.3, -0.25) is 10.1 Å². The van der Waals surface area contributed by atoms with Crippen molar-refractivity contribution in [2.45, 2.75) is 6.92 Å². The second-order valence-electron chi connectivity index (χ2n) is 2.55. The summed E-state index contributed by atoms with van der Waals surface area (Å²) < 4.78 is 0. The van der Waals surface area contributed by atoms with Crippen molar-refractivity contribution in [3.8, 4) is 0 Å². The van der Waals surface area contributed by atoms with Crippen LogP contribution in [0.1, 0.15) is 5.56 Å². The summed E-state index contributed by atoms with van der Waals surface area (Å²) in [5, 5.41) is 10.4. The molecule has 0 radical (unpaired) electrons. The second-order valence-corrected chi connectivity index (χ2v) is 2.96. The predicted octanol–water partition coefficient (Wildman–Crippen LogP) is 2.52. The molecule has 1 aromatic rings. The van der Waals surface area contributed by atoms with E-state index in [1.54, 1.807) is 6.92 Å². The van der Waals surface area contributed by atoms with Gasteiger partial charge in [0.25, 0.3) is 5.69 Å². The molecule has 0 fully saturated rings. The molecule has 0 spiro atoms. The van der Waals surface area contributed by atoms with Crippen molar-refractivity contribution in [3.05, 3.63) is 32.8 Å². The van der Waals surface area contributed by atoms with Crippen LogP contribution in [-0.4, -0.2) is 11.0 Å². The Morgan fingerprint density at radius 2 is 2.21 bits per heavy atom. The van der Waals surface area contributed by atoms with Gasteiger partial charge in [-0.2, -0.15) is 4.99 Å². The van der Waals surface area contributed by atoms with Crippen LogP contribution < -0.4 is 0 Å². The van der Waals surface area contributed by atoms with Crippen molar-refractivity contribution in [1.29, 1.82) is 0 Å². The van der Waals surface area contributed by atoms with Crippen LogP contribution in [-0.2, 0) is 4.79 Å². The van der Waals surface area contributed by atoms with Gasteiger partial charge in [-0.25, -0.2) is 4.79 Å². The van der Waals surface area contributed by atoms with Crippen LogP contribution in [0.4, 0.5) is 11.4 Å². The molecule has 6 heteroatoms. The molecule has 72 valence electrons. The summed E-state index contributed by atoms with van der Waals surface area (Å²) in [6.07, 6.45) is 1.35. The van der Waals surface area contributed by atoms with Crippen LogP contribution in [0.5, 0.6) is 0 Å². The highest BCUT2D eigenvalue weighted by Crippen LogP contribution is 2.31. The summed E-state index contributed by atoms with van der Waals surface area (Å²) in [6.45, 7) is 1.60. The fraction of sp³-hybridized carbons (Fsp3) is 0.125. The molecule has 0 aromatic heterocycles. The van der Waals surface area contributed by atoms with E-state index in [9.17, 15) is 14.9 Å². The topological polar surface area (TPSA) is 72.6 Å². The van der Waals surface area contributed by atoms with Crippen LogP contribution >= 0.6 is 11.6 Å². The third-order valence-electron chi connectivity index (χ3n) is 1.63. The van der Waals surface area contributed by atoms with E-state index in [2.05, 4.69) is 4.99 Å². The Hall–Kier alpha value is -1.71. The molecular weight excluding hydrogens is 208 g/mol. The molecule has 0 saturated carbocycles. The van der Waals surface area contributed by atoms with Gasteiger partial charge in [0.05, 0.1) is 10.6 Å². The van der Waals surface area contributed by atoms with Crippen molar-refractivity contribution in [1.82, 2.24) is 0 Å². The molecule has 0 N–H and O–H groups in total. The van der Waals surface area contributed by atoms with Gasteiger partial charge in [-0.15, -0.1) is 0 Å². The van der Waals surface area contributed by atoms with Crippen LogP contribution in [0, 0.1) is 17.0 Å². The Morgan fingerprint density at radius 3 is 2.71 bits per heavy atom. The zero-order valence-corrected chi connectivity index (χ0v) is 7.91. The number of aliphatic imine (C=N–C) groups is 1. The minimum absolute atomic E-state index is 0.0467. The lowest BCUT2D eigenvalue weighted by atomic mass is 10.2. The van der Waals surface area contributed by atoms with E-state index in [4.69, 9.17) is 11.6 Å². The lowest BCUT2D eigenvalue weighted by molar-refractivity contribution is -0.384. The first-order chi connectivity index (χ1) is 6.56. The molecule has 0 atom stereocenters. The van der Waals surface area contributed by atoms with Gasteiger partial charge in [0, 0.05) is 6.07 Å². The molecular formula is C8H5ClN2O3. The molecule has 0 bridgehead atoms. The Bertz CT molecular complexity index is 411. The number of benzene rings is 1. The number of nitro benzene ring substituents is 1. The van der Waals surface area contributed by atoms with Gasteiger partial charge in [-0.1, -0.05) is 11.6 Å². The molecule has 1 rings (SSSR count). The fourth-order valence-electron chi connectivity index (χ4n) is 0.965. The van der Waals surface area contributed by atoms with Crippen molar-refractivity contribution in [2.75, 3.05) is 0 Å². The SMILES string of the molecule is Cc1cc([N+](=O)[O-])c(Cl)cc1N=C=O. The number of hydrogen-bond acceptors (Lipinski definition) is 4. The normalized spacial score (nSPS) is 9.29. The summed E-state index contributed by atoms with van der Waals surface area (Å²) in [6, 6.07) is 2.53. The van der Waals surface area contributed by atoms with Crippen molar-refractivity contribution < 1.29 is 9.72 Å². The summed E-state index contributed by atoms with van der Waals surface area (Å²) in [5.74, 6) is 0. The van der Waals surface area contributed by atoms with Gasteiger partial charge in [0.1, 0.15) is 5.02 Å². The van der Waals surface area contributed by atoms with Crippen molar-refractivity contribution in [3.63, 3.8) is 0 Å². The Kier molecular flexibility index (Phi) is 2.96. The molecule has 5 nitrogen and oxygen atoms in total. The number of halogens is 1. The molecule has 0 aliphatic carbocycles. The van der Waals surface area contributed by atoms with Crippen molar-refractivity contribution >= 4 is 29.1 Å². The fourth-order valence-corrected chi connectivity index (χ4v) is 1.19. The van der Waals surface area contributed by atoms with Crippen molar-refractivity contribution in [2.24, 2.45) is 4.99 Å². The number of hydrogen-bond donors (Lipinski definition) is 0. The minimum Gasteiger partial charge on any atom is -0.258 e. The summed E-state index contributed by atoms with van der Waals surface area (Å²) in [7, 11) is 0. The second kappa shape index (κ2) is 4.00. The van der Waals surface area contributed by atoms with E-state index < -0.39 is 4.92 Å². The third kappa shape index (κ3) is 1.96. The number of isocyanates is 1. The Balaban J connectivity index is 3.37. The zero-order chi connectivity index (χ0) is 10.7. The molecule has 0 unspecified atom stereocenters. The molecule has 0 aliphatic rings. The van der Waals surface area contributed by atoms with E-state index in [-0.39, 0.29) is 16.4 Å². The first-order valence-electron chi connectivity index (χ1n) is 3.58. The largest absolute Gasteiger partial charge is 0.288 e. The highest BCUT2D eigenvalue weighted by atomic mass is 35.5. The first kappa shape index (κ1) is 10.4. The molecule has 0 aliphatic heterocycles. The smallest absolute Gasteiger partial charge is 0.258 e. The molecule has 1 aromatic carbocycles. The number of nitro groups is 1. The number of rotatable bonds is 2. The van der Waals surface area contributed by atoms with Crippen LogP contribution in [0.3, 0.4) is 0 Å². The Labute approximate surface area is 84.2 Å². The molecule has 0 saturated heterocycles. The van der Waals surface area contributed by atoms with Crippen LogP contribution in [0.15, 0.2) is 17.1 Å². The van der Waals surface area contributed by atoms with E-state index >= 15 is 0 Å². The average Bonchev–Trinajstić information content (AvgIpc) is 2.10. The standard InChI is InChI=1S/C8H5ClN2O3/c1-5-2-8(11(13)14)6(9)3-7(5)10-4-12/h2-3H,1H3. The molecule has 0 amide bonds. The van der Waals surface area contributed by atoms with Gasteiger partial charge in [-0.05, 0) is 18.6 Å². The zero-order valence-electron chi connectivity index (χ0n) is 7.15. The van der Waals surface area contributed by atoms with Crippen LogP contribution in [0.2, 0.25) is 5.02 Å². The van der Waals surface area contributed by atoms with E-state index in [1.165, 1.54) is 18.2 Å². The quantitative estimate of drug-likeness (QED) is 0.327. The van der Waals surface area contributed by atoms with E-state index in [0.29, 0.717) is 5.56 Å². The molecule has 0 heterocycles. The number of aryl methyl sites for hydroxylation is 1. The summed E-state index contributed by atoms with van der Waals surface area (Å²) in [5.41, 5.74) is 0.592. The average molecular weight is 213 g/mol. The number of carbonyl (C=O) groups excluding carboxylic acids is 1. The van der Waals surface area contributed by atoms with Gasteiger partial charge in [0.2, 0.25) is 6.08 Å². The lowest BCUT2D eigenvalue weighted by Crippen LogP contribution is -1.90. The maximum absolute atomic E-state index is 10.5. The number of nitrogens with zero attached hydrogens (tertiary/aromatic N) is 2. The third-order valence-corrected chi connectivity index (χ3v) is 1.93. The van der Waals surface area contributed by atoms with Gasteiger partial charge >= 0.3 is 0 Å². The summed E-state index contributed by atoms with van der Waals surface area (Å²) >= 11 is 5.60. The van der Waals surface area contributed by atoms with Crippen LogP contribution in [0.25, 0.3) is 0 Å². The monoisotopic (exact) mass is 212 g/mol. The van der Waals surface area contributed by atoms with Gasteiger partial charge < -0.3 is 0 Å². The highest BCUT2D eigenvalue weighted by Gasteiger charge is 2.14. The summed E-state index contributed by atoms with van der Waals surface area (Å²) in [4.78, 5) is 23.2. The predicted molar refractivity (Wildman–Crippen MR) is 50.6 cm³/mol. The lowest BCUT2D eigenvalue weighted by Gasteiger charge is -1.99. The molecule has 14 heavy (non-hydrogen) atoms. The van der Waals surface area contributed by atoms with E-state index in [1.807, 2.05) is 0 Å². The maximum Gasteiger partial charge on any atom is 0.288 e.